The Hall–Kier alpha value is -0.320. The maximum absolute atomic E-state index is 12.6. The van der Waals surface area contributed by atoms with Gasteiger partial charge in [0.2, 0.25) is 5.91 Å². The Morgan fingerprint density at radius 3 is 2.32 bits per heavy atom. The molecule has 4 nitrogen and oxygen atoms in total. The van der Waals surface area contributed by atoms with Crippen LogP contribution in [0.5, 0.6) is 0 Å². The molecular formula is C17H31ClN2O2. The van der Waals surface area contributed by atoms with Crippen molar-refractivity contribution >= 4 is 18.3 Å². The number of carbonyl (C=O) groups is 1. The molecule has 0 radical (unpaired) electrons. The van der Waals surface area contributed by atoms with E-state index in [0.717, 1.165) is 45.3 Å². The molecule has 5 heteroatoms. The molecule has 1 amide bonds. The fourth-order valence-electron chi connectivity index (χ4n) is 4.12. The smallest absolute Gasteiger partial charge is 0.225 e. The minimum absolute atomic E-state index is 0. The molecule has 0 spiro atoms. The van der Waals surface area contributed by atoms with Gasteiger partial charge in [0.15, 0.2) is 0 Å². The maximum Gasteiger partial charge on any atom is 0.225 e. The number of carbonyl (C=O) groups excluding carboxylic acids is 1. The lowest BCUT2D eigenvalue weighted by molar-refractivity contribution is -0.140. The van der Waals surface area contributed by atoms with Gasteiger partial charge in [-0.1, -0.05) is 12.8 Å². The molecule has 2 saturated heterocycles. The van der Waals surface area contributed by atoms with Gasteiger partial charge in [-0.2, -0.15) is 0 Å². The van der Waals surface area contributed by atoms with Crippen LogP contribution >= 0.6 is 12.4 Å². The first-order valence-electron chi connectivity index (χ1n) is 8.90. The summed E-state index contributed by atoms with van der Waals surface area (Å²) in [6.45, 7) is 4.96. The van der Waals surface area contributed by atoms with E-state index in [1.165, 1.54) is 25.7 Å². The van der Waals surface area contributed by atoms with Crippen LogP contribution in [0.25, 0.3) is 0 Å². The lowest BCUT2D eigenvalue weighted by atomic mass is 9.91. The van der Waals surface area contributed by atoms with E-state index in [-0.39, 0.29) is 18.3 Å². The molecule has 2 aliphatic heterocycles. The van der Waals surface area contributed by atoms with Gasteiger partial charge < -0.3 is 15.0 Å². The summed E-state index contributed by atoms with van der Waals surface area (Å²) in [5, 5.41) is 3.43. The Morgan fingerprint density at radius 1 is 1.05 bits per heavy atom. The average Bonchev–Trinajstić information content (AvgIpc) is 3.00. The first-order chi connectivity index (χ1) is 10.2. The molecule has 2 atom stereocenters. The molecule has 1 aliphatic carbocycles. The van der Waals surface area contributed by atoms with Crippen LogP contribution in [0.2, 0.25) is 0 Å². The van der Waals surface area contributed by atoms with Crippen LogP contribution in [0.15, 0.2) is 0 Å². The number of nitrogens with zero attached hydrogens (tertiary/aromatic N) is 1. The predicted octanol–water partition coefficient (Wildman–Crippen LogP) is 2.75. The van der Waals surface area contributed by atoms with Crippen LogP contribution < -0.4 is 5.32 Å². The Kier molecular flexibility index (Phi) is 6.97. The summed E-state index contributed by atoms with van der Waals surface area (Å²) >= 11 is 0. The number of hydrogen-bond acceptors (Lipinski definition) is 3. The molecule has 128 valence electrons. The molecule has 3 fully saturated rings. The van der Waals surface area contributed by atoms with Crippen molar-refractivity contribution in [3.05, 3.63) is 0 Å². The van der Waals surface area contributed by atoms with Crippen molar-refractivity contribution in [3.8, 4) is 0 Å². The standard InChI is InChI=1S/C17H30N2O2.ClH/c1-13-12-14(6-9-18-13)17(20)19-10-7-16(8-11-19)21-15-4-2-3-5-15;/h13-16,18H,2-12H2,1H3;1H/t13-,14-;/m0./s1. The molecule has 0 aromatic carbocycles. The van der Waals surface area contributed by atoms with E-state index in [0.29, 0.717) is 24.2 Å². The number of halogens is 1. The van der Waals surface area contributed by atoms with Crippen LogP contribution in [0.4, 0.5) is 0 Å². The number of ether oxygens (including phenoxy) is 1. The van der Waals surface area contributed by atoms with Crippen molar-refractivity contribution < 1.29 is 9.53 Å². The SMILES string of the molecule is C[C@H]1C[C@@H](C(=O)N2CCC(OC3CCCC3)CC2)CCN1.Cl. The summed E-state index contributed by atoms with van der Waals surface area (Å²) < 4.78 is 6.19. The lowest BCUT2D eigenvalue weighted by Gasteiger charge is -2.37. The highest BCUT2D eigenvalue weighted by Crippen LogP contribution is 2.26. The minimum Gasteiger partial charge on any atom is -0.375 e. The average molecular weight is 331 g/mol. The van der Waals surface area contributed by atoms with Crippen molar-refractivity contribution in [2.75, 3.05) is 19.6 Å². The Balaban J connectivity index is 0.00000176. The molecule has 3 aliphatic rings. The number of hydrogen-bond donors (Lipinski definition) is 1. The molecule has 0 aromatic heterocycles. The first kappa shape index (κ1) is 18.0. The third kappa shape index (κ3) is 4.59. The van der Waals surface area contributed by atoms with E-state index in [4.69, 9.17) is 4.74 Å². The van der Waals surface area contributed by atoms with Gasteiger partial charge in [-0.15, -0.1) is 12.4 Å². The topological polar surface area (TPSA) is 41.6 Å². The van der Waals surface area contributed by atoms with Crippen LogP contribution in [0.3, 0.4) is 0 Å². The summed E-state index contributed by atoms with van der Waals surface area (Å²) in [5.74, 6) is 0.635. The third-order valence-electron chi connectivity index (χ3n) is 5.41. The molecule has 1 N–H and O–H groups in total. The second-order valence-electron chi connectivity index (χ2n) is 7.14. The number of amides is 1. The fraction of sp³-hybridized carbons (Fsp3) is 0.941. The minimum atomic E-state index is 0. The molecule has 2 heterocycles. The van der Waals surface area contributed by atoms with E-state index in [9.17, 15) is 4.79 Å². The van der Waals surface area contributed by atoms with Crippen molar-refractivity contribution in [3.63, 3.8) is 0 Å². The van der Waals surface area contributed by atoms with Crippen LogP contribution in [0, 0.1) is 5.92 Å². The number of piperidine rings is 2. The molecule has 0 aromatic rings. The molecule has 1 saturated carbocycles. The predicted molar refractivity (Wildman–Crippen MR) is 90.4 cm³/mol. The van der Waals surface area contributed by atoms with E-state index < -0.39 is 0 Å². The normalized spacial score (nSPS) is 31.0. The van der Waals surface area contributed by atoms with E-state index >= 15 is 0 Å². The van der Waals surface area contributed by atoms with Gasteiger partial charge in [0, 0.05) is 25.0 Å². The highest BCUT2D eigenvalue weighted by molar-refractivity contribution is 5.85. The highest BCUT2D eigenvalue weighted by Gasteiger charge is 2.31. The van der Waals surface area contributed by atoms with Gasteiger partial charge in [-0.3, -0.25) is 4.79 Å². The molecule has 0 bridgehead atoms. The number of likely N-dealkylation sites (tertiary alicyclic amines) is 1. The van der Waals surface area contributed by atoms with Crippen LogP contribution in [-0.4, -0.2) is 48.7 Å². The molecular weight excluding hydrogens is 300 g/mol. The zero-order valence-corrected chi connectivity index (χ0v) is 14.6. The van der Waals surface area contributed by atoms with E-state index in [1.54, 1.807) is 0 Å². The van der Waals surface area contributed by atoms with Crippen molar-refractivity contribution in [1.29, 1.82) is 0 Å². The van der Waals surface area contributed by atoms with Crippen LogP contribution in [0.1, 0.15) is 58.3 Å². The van der Waals surface area contributed by atoms with Gasteiger partial charge in [-0.25, -0.2) is 0 Å². The van der Waals surface area contributed by atoms with Gasteiger partial charge in [-0.05, 0) is 52.0 Å². The van der Waals surface area contributed by atoms with E-state index in [2.05, 4.69) is 17.1 Å². The summed E-state index contributed by atoms with van der Waals surface area (Å²) in [5.41, 5.74) is 0. The second kappa shape index (κ2) is 8.51. The van der Waals surface area contributed by atoms with Gasteiger partial charge in [0.25, 0.3) is 0 Å². The Bertz CT molecular complexity index is 353. The number of nitrogens with one attached hydrogen (secondary N) is 1. The maximum atomic E-state index is 12.6. The van der Waals surface area contributed by atoms with Gasteiger partial charge >= 0.3 is 0 Å². The summed E-state index contributed by atoms with van der Waals surface area (Å²) in [6.07, 6.45) is 10.1. The summed E-state index contributed by atoms with van der Waals surface area (Å²) in [4.78, 5) is 14.7. The van der Waals surface area contributed by atoms with Crippen molar-refractivity contribution in [1.82, 2.24) is 10.2 Å². The Morgan fingerprint density at radius 2 is 1.68 bits per heavy atom. The zero-order chi connectivity index (χ0) is 14.7. The van der Waals surface area contributed by atoms with Crippen molar-refractivity contribution in [2.24, 2.45) is 5.92 Å². The van der Waals surface area contributed by atoms with Gasteiger partial charge in [0.1, 0.15) is 0 Å². The molecule has 0 unspecified atom stereocenters. The lowest BCUT2D eigenvalue weighted by Crippen LogP contribution is -2.47. The largest absolute Gasteiger partial charge is 0.375 e. The van der Waals surface area contributed by atoms with Gasteiger partial charge in [0.05, 0.1) is 12.2 Å². The third-order valence-corrected chi connectivity index (χ3v) is 5.41. The first-order valence-corrected chi connectivity index (χ1v) is 8.90. The highest BCUT2D eigenvalue weighted by atomic mass is 35.5. The quantitative estimate of drug-likeness (QED) is 0.865. The van der Waals surface area contributed by atoms with Crippen molar-refractivity contribution in [2.45, 2.75) is 76.5 Å². The summed E-state index contributed by atoms with van der Waals surface area (Å²) in [7, 11) is 0. The Labute approximate surface area is 140 Å². The monoisotopic (exact) mass is 330 g/mol. The second-order valence-corrected chi connectivity index (χ2v) is 7.14. The molecule has 3 rings (SSSR count). The zero-order valence-electron chi connectivity index (χ0n) is 13.8. The fourth-order valence-corrected chi connectivity index (χ4v) is 4.12. The summed E-state index contributed by atoms with van der Waals surface area (Å²) in [6, 6.07) is 0.482. The molecule has 22 heavy (non-hydrogen) atoms. The van der Waals surface area contributed by atoms with Crippen LogP contribution in [-0.2, 0) is 9.53 Å². The van der Waals surface area contributed by atoms with E-state index in [1.807, 2.05) is 0 Å². The number of rotatable bonds is 3.